The molecular formula is C61H4. The minimum atomic E-state index is 1.68. The van der Waals surface area contributed by atoms with Crippen molar-refractivity contribution in [1.82, 2.24) is 0 Å². The van der Waals surface area contributed by atoms with Gasteiger partial charge in [0.15, 0.2) is 0 Å². The first-order chi connectivity index (χ1) is 30.9. The molecule has 0 heteroatoms. The zero-order chi connectivity index (χ0) is 44.4. The molecule has 0 N–H and O–H groups in total. The third-order valence-corrected chi connectivity index (χ3v) is 3.69. The second kappa shape index (κ2) is 46.8. The minimum Gasteiger partial charge on any atom is -0.106 e. The van der Waals surface area contributed by atoms with Gasteiger partial charge in [0.05, 0.1) is 0 Å². The summed E-state index contributed by atoms with van der Waals surface area (Å²) in [7, 11) is 0. The highest BCUT2D eigenvalue weighted by Gasteiger charge is 1.63. The highest BCUT2D eigenvalue weighted by molar-refractivity contribution is 5.52. The van der Waals surface area contributed by atoms with Gasteiger partial charge in [-0.25, -0.2) is 0 Å². The summed E-state index contributed by atoms with van der Waals surface area (Å²) >= 11 is 0. The van der Waals surface area contributed by atoms with Crippen LogP contribution in [0.25, 0.3) is 0 Å². The van der Waals surface area contributed by atoms with Crippen molar-refractivity contribution in [2.75, 3.05) is 0 Å². The standard InChI is InChI=1S/C61H4/c1-3-5-7-9-11-13-15-17-19-21-23-25-27-29-31-33-35-37-39-41-43-45-47-49-51-53-55-57-59-61-60-58-56-54-52-50-48-46-44-42-40-38-36-34-32-30-28-26-24-22-20-18-16-14-12-10-8-6-4-2/h1H,2H3/i1D. The van der Waals surface area contributed by atoms with Crippen molar-refractivity contribution in [1.29, 1.82) is 0 Å². The molecule has 0 aromatic heterocycles. The van der Waals surface area contributed by atoms with Crippen molar-refractivity contribution < 1.29 is 1.37 Å². The van der Waals surface area contributed by atoms with Crippen molar-refractivity contribution >= 4 is 0 Å². The molecular weight excluding hydrogens is 733 g/mol. The van der Waals surface area contributed by atoms with Crippen molar-refractivity contribution in [3.63, 3.8) is 0 Å². The highest BCUT2D eigenvalue weighted by atomic mass is 13.6. The van der Waals surface area contributed by atoms with Crippen LogP contribution in [0.5, 0.6) is 0 Å². The molecule has 248 valence electrons. The Balaban J connectivity index is 4.59. The molecule has 0 rings (SSSR count). The number of hydrogen-bond donors (Lipinski definition) is 0. The summed E-state index contributed by atoms with van der Waals surface area (Å²) in [4.78, 5) is 0. The predicted molar refractivity (Wildman–Crippen MR) is 240 cm³/mol. The minimum absolute atomic E-state index is 1.68. The first-order valence-corrected chi connectivity index (χ1v) is 15.2. The Morgan fingerprint density at radius 2 is 0.262 bits per heavy atom. The van der Waals surface area contributed by atoms with Gasteiger partial charge in [-0.2, -0.15) is 0 Å². The lowest BCUT2D eigenvalue weighted by atomic mass is 10.4. The second-order valence-corrected chi connectivity index (χ2v) is 7.50. The monoisotopic (exact) mass is 737 g/mol. The van der Waals surface area contributed by atoms with Crippen LogP contribution in [-0.4, -0.2) is 0 Å². The Kier molecular flexibility index (Phi) is 35.2. The van der Waals surface area contributed by atoms with E-state index < -0.39 is 0 Å². The molecule has 0 aliphatic rings. The van der Waals surface area contributed by atoms with E-state index in [2.05, 4.69) is 349 Å². The first kappa shape index (κ1) is 45.8. The summed E-state index contributed by atoms with van der Waals surface area (Å²) < 4.78 is 6.57. The molecule has 0 unspecified atom stereocenters. The van der Waals surface area contributed by atoms with Crippen LogP contribution in [0.4, 0.5) is 0 Å². The Labute approximate surface area is 362 Å². The first-order valence-electron chi connectivity index (χ1n) is 15.8. The maximum atomic E-state index is 6.57. The Hall–Kier alpha value is -13.2. The lowest BCUT2D eigenvalue weighted by molar-refractivity contribution is 1.92. The Morgan fingerprint density at radius 1 is 0.164 bits per heavy atom. The van der Waals surface area contributed by atoms with Crippen LogP contribution >= 0.6 is 0 Å². The SMILES string of the molecule is [2H]C#CC#CC#CC#CC#CC#CC#CC#CC#CC#CC#CC#CC#CC#CC#CC#CC#CC#CC#CC#CC#CC#CC#CC#CC#CC#CC#CC#CC#CC#CC. The maximum absolute atomic E-state index is 6.57. The summed E-state index contributed by atoms with van der Waals surface area (Å²) in [6.45, 7) is 1.68. The number of terminal acetylenes is 1. The molecule has 0 amide bonds. The van der Waals surface area contributed by atoms with Crippen LogP contribution in [0.15, 0.2) is 0 Å². The van der Waals surface area contributed by atoms with Crippen LogP contribution in [-0.2, 0) is 0 Å². The van der Waals surface area contributed by atoms with Crippen LogP contribution in [0.3, 0.4) is 0 Å². The average Bonchev–Trinajstić information content (AvgIpc) is 3.28. The van der Waals surface area contributed by atoms with Crippen molar-refractivity contribution in [2.45, 2.75) is 6.92 Å². The second-order valence-electron chi connectivity index (χ2n) is 7.50. The van der Waals surface area contributed by atoms with E-state index in [0.29, 0.717) is 0 Å². The van der Waals surface area contributed by atoms with Crippen molar-refractivity contribution in [3.8, 4) is 356 Å². The Bertz CT molecular complexity index is 3670. The van der Waals surface area contributed by atoms with Crippen molar-refractivity contribution in [2.24, 2.45) is 0 Å². The van der Waals surface area contributed by atoms with E-state index >= 15 is 0 Å². The fourth-order valence-electron chi connectivity index (χ4n) is 1.81. The van der Waals surface area contributed by atoms with E-state index in [1.165, 1.54) is 0 Å². The molecule has 0 radical (unpaired) electrons. The third-order valence-electron chi connectivity index (χ3n) is 3.69. The van der Waals surface area contributed by atoms with E-state index in [9.17, 15) is 0 Å². The number of rotatable bonds is 0. The summed E-state index contributed by atoms with van der Waals surface area (Å²) in [5.74, 6) is 147. The van der Waals surface area contributed by atoms with Gasteiger partial charge in [0.2, 0.25) is 0 Å². The molecule has 0 fully saturated rings. The van der Waals surface area contributed by atoms with Crippen LogP contribution in [0.2, 0.25) is 0 Å². The average molecular weight is 738 g/mol. The lowest BCUT2D eigenvalue weighted by Crippen LogP contribution is -1.57. The zero-order valence-electron chi connectivity index (χ0n) is 32.0. The van der Waals surface area contributed by atoms with Gasteiger partial charge in [-0.15, -0.1) is 6.40 Å². The summed E-state index contributed by atoms with van der Waals surface area (Å²) in [5, 5.41) is 0. The van der Waals surface area contributed by atoms with E-state index in [-0.39, 0.29) is 0 Å². The summed E-state index contributed by atoms with van der Waals surface area (Å²) in [6, 6.07) is 0. The third kappa shape index (κ3) is 46.8. The van der Waals surface area contributed by atoms with Gasteiger partial charge in [0.1, 0.15) is 1.37 Å². The maximum Gasteiger partial charge on any atom is 0.125 e. The van der Waals surface area contributed by atoms with Gasteiger partial charge < -0.3 is 0 Å². The molecule has 0 saturated heterocycles. The summed E-state index contributed by atoms with van der Waals surface area (Å²) in [6.07, 6.45) is 1.88. The van der Waals surface area contributed by atoms with Crippen LogP contribution < -0.4 is 0 Å². The molecule has 0 aliphatic carbocycles. The molecule has 0 atom stereocenters. The van der Waals surface area contributed by atoms with Crippen molar-refractivity contribution in [3.05, 3.63) is 0 Å². The van der Waals surface area contributed by atoms with Crippen LogP contribution in [0.1, 0.15) is 8.29 Å². The van der Waals surface area contributed by atoms with E-state index in [4.69, 9.17) is 1.37 Å². The molecule has 0 nitrogen and oxygen atoms in total. The zero-order valence-corrected chi connectivity index (χ0v) is 31.0. The quantitative estimate of drug-likeness (QED) is 0.323. The van der Waals surface area contributed by atoms with Gasteiger partial charge in [-0.3, -0.25) is 0 Å². The largest absolute Gasteiger partial charge is 0.125 e. The molecule has 0 aliphatic heterocycles. The summed E-state index contributed by atoms with van der Waals surface area (Å²) in [5.41, 5.74) is 0. The topological polar surface area (TPSA) is 0 Å². The lowest BCUT2D eigenvalue weighted by Gasteiger charge is -1.57. The van der Waals surface area contributed by atoms with E-state index in [1.807, 2.05) is 6.40 Å². The molecule has 0 spiro atoms. The highest BCUT2D eigenvalue weighted by Crippen LogP contribution is 1.63. The van der Waals surface area contributed by atoms with Crippen LogP contribution in [0, 0.1) is 356 Å². The molecule has 0 saturated carbocycles. The fraction of sp³-hybridized carbons (Fsp3) is 0.0164. The normalized spacial score (nSPS) is 4.05. The number of hydrogen-bond acceptors (Lipinski definition) is 0. The molecule has 0 heterocycles. The smallest absolute Gasteiger partial charge is 0.106 e. The molecule has 0 aromatic rings. The van der Waals surface area contributed by atoms with Gasteiger partial charge in [-0.05, 0) is 102 Å². The van der Waals surface area contributed by atoms with Gasteiger partial charge in [0, 0.05) is 249 Å². The van der Waals surface area contributed by atoms with E-state index in [1.54, 1.807) is 6.92 Å². The van der Waals surface area contributed by atoms with Gasteiger partial charge in [-0.1, -0.05) is 5.92 Å². The molecule has 0 bridgehead atoms. The molecule has 0 aromatic carbocycles. The van der Waals surface area contributed by atoms with Gasteiger partial charge in [0.25, 0.3) is 0 Å². The predicted octanol–water partition coefficient (Wildman–Crippen LogP) is 0.738. The van der Waals surface area contributed by atoms with Gasteiger partial charge >= 0.3 is 0 Å². The fourth-order valence-corrected chi connectivity index (χ4v) is 1.81. The Morgan fingerprint density at radius 3 is 0.361 bits per heavy atom. The molecule has 61 heavy (non-hydrogen) atoms. The van der Waals surface area contributed by atoms with E-state index in [0.717, 1.165) is 0 Å².